The number of nitrogens with one attached hydrogen (secondary N) is 1. The zero-order valence-electron chi connectivity index (χ0n) is 14.4. The zero-order valence-corrected chi connectivity index (χ0v) is 15.2. The average Bonchev–Trinajstić information content (AvgIpc) is 2.53. The summed E-state index contributed by atoms with van der Waals surface area (Å²) < 4.78 is 5.14. The third-order valence-corrected chi connectivity index (χ3v) is 4.58. The van der Waals surface area contributed by atoms with E-state index in [9.17, 15) is 9.59 Å². The van der Waals surface area contributed by atoms with E-state index in [1.165, 1.54) is 0 Å². The van der Waals surface area contributed by atoms with Gasteiger partial charge in [0.1, 0.15) is 0 Å². The Morgan fingerprint density at radius 1 is 1.42 bits per heavy atom. The molecule has 0 aliphatic carbocycles. The zero-order chi connectivity index (χ0) is 17.7. The minimum Gasteiger partial charge on any atom is -0.383 e. The van der Waals surface area contributed by atoms with E-state index in [-0.39, 0.29) is 29.8 Å². The lowest BCUT2D eigenvalue weighted by Crippen LogP contribution is -2.50. The van der Waals surface area contributed by atoms with E-state index in [1.54, 1.807) is 18.1 Å². The van der Waals surface area contributed by atoms with Gasteiger partial charge < -0.3 is 15.0 Å². The average molecular weight is 353 g/mol. The molecule has 1 aliphatic heterocycles. The minimum atomic E-state index is -0.367. The molecule has 1 aromatic rings. The van der Waals surface area contributed by atoms with Crippen molar-refractivity contribution in [2.24, 2.45) is 5.92 Å². The van der Waals surface area contributed by atoms with Crippen LogP contribution >= 0.6 is 11.6 Å². The molecule has 1 N–H and O–H groups in total. The van der Waals surface area contributed by atoms with E-state index in [4.69, 9.17) is 16.3 Å². The van der Waals surface area contributed by atoms with E-state index in [1.807, 2.05) is 32.0 Å². The summed E-state index contributed by atoms with van der Waals surface area (Å²) >= 11 is 6.38. The summed E-state index contributed by atoms with van der Waals surface area (Å²) in [6.45, 7) is 4.72. The van der Waals surface area contributed by atoms with E-state index < -0.39 is 0 Å². The van der Waals surface area contributed by atoms with Crippen molar-refractivity contribution in [1.82, 2.24) is 10.2 Å². The number of carbonyl (C=O) groups is 2. The molecule has 5 nitrogen and oxygen atoms in total. The Balaban J connectivity index is 2.39. The number of ether oxygens (including phenoxy) is 1. The molecule has 2 rings (SSSR count). The monoisotopic (exact) mass is 352 g/mol. The van der Waals surface area contributed by atoms with Crippen molar-refractivity contribution in [2.75, 3.05) is 20.3 Å². The minimum absolute atomic E-state index is 0.0329. The number of methoxy groups -OCH3 is 1. The molecule has 0 unspecified atom stereocenters. The Morgan fingerprint density at radius 3 is 2.75 bits per heavy atom. The van der Waals surface area contributed by atoms with Crippen LogP contribution < -0.4 is 5.32 Å². The Bertz CT molecular complexity index is 591. The van der Waals surface area contributed by atoms with Crippen molar-refractivity contribution in [2.45, 2.75) is 38.8 Å². The van der Waals surface area contributed by atoms with Gasteiger partial charge in [-0.05, 0) is 31.9 Å². The van der Waals surface area contributed by atoms with Gasteiger partial charge >= 0.3 is 0 Å². The molecule has 24 heavy (non-hydrogen) atoms. The van der Waals surface area contributed by atoms with Crippen LogP contribution in [0.3, 0.4) is 0 Å². The molecule has 0 aromatic heterocycles. The first-order valence-corrected chi connectivity index (χ1v) is 8.66. The number of piperidine rings is 1. The predicted molar refractivity (Wildman–Crippen MR) is 93.8 cm³/mol. The third-order valence-electron chi connectivity index (χ3n) is 4.23. The Labute approximate surface area is 148 Å². The molecule has 1 aliphatic rings. The van der Waals surface area contributed by atoms with E-state index >= 15 is 0 Å². The van der Waals surface area contributed by atoms with Gasteiger partial charge in [0.2, 0.25) is 11.8 Å². The first kappa shape index (κ1) is 18.7. The van der Waals surface area contributed by atoms with Crippen LogP contribution in [0.5, 0.6) is 0 Å². The number of halogens is 1. The quantitative estimate of drug-likeness (QED) is 0.856. The lowest BCUT2D eigenvalue weighted by molar-refractivity contribution is -0.144. The predicted octanol–water partition coefficient (Wildman–Crippen LogP) is 2.79. The van der Waals surface area contributed by atoms with Crippen LogP contribution in [0, 0.1) is 5.92 Å². The summed E-state index contributed by atoms with van der Waals surface area (Å²) in [7, 11) is 1.60. The van der Waals surface area contributed by atoms with Crippen molar-refractivity contribution in [3.63, 3.8) is 0 Å². The molecule has 132 valence electrons. The fourth-order valence-electron chi connectivity index (χ4n) is 3.17. The Kier molecular flexibility index (Phi) is 6.63. The summed E-state index contributed by atoms with van der Waals surface area (Å²) in [4.78, 5) is 26.9. The maximum absolute atomic E-state index is 12.7. The van der Waals surface area contributed by atoms with Gasteiger partial charge in [0.25, 0.3) is 0 Å². The molecule has 1 fully saturated rings. The molecule has 2 amide bonds. The lowest BCUT2D eigenvalue weighted by Gasteiger charge is -2.41. The molecule has 1 heterocycles. The summed E-state index contributed by atoms with van der Waals surface area (Å²) in [6, 6.07) is 7.09. The van der Waals surface area contributed by atoms with E-state index in [2.05, 4.69) is 5.32 Å². The van der Waals surface area contributed by atoms with Crippen LogP contribution in [0.15, 0.2) is 24.3 Å². The molecule has 0 saturated carbocycles. The fraction of sp³-hybridized carbons (Fsp3) is 0.556. The van der Waals surface area contributed by atoms with Gasteiger partial charge in [-0.15, -0.1) is 0 Å². The van der Waals surface area contributed by atoms with Gasteiger partial charge in [0, 0.05) is 31.1 Å². The van der Waals surface area contributed by atoms with Crippen molar-refractivity contribution in [1.29, 1.82) is 0 Å². The second-order valence-electron chi connectivity index (χ2n) is 6.35. The summed E-state index contributed by atoms with van der Waals surface area (Å²) in [5.41, 5.74) is 0.812. The number of benzene rings is 1. The SMILES string of the molecule is COCCN1C(=O)CC[C@@H](C(=O)NC(C)C)[C@@H]1c1ccccc1Cl. The molecule has 1 aromatic carbocycles. The van der Waals surface area contributed by atoms with Crippen molar-refractivity contribution >= 4 is 23.4 Å². The van der Waals surface area contributed by atoms with Gasteiger partial charge in [-0.3, -0.25) is 9.59 Å². The van der Waals surface area contributed by atoms with Crippen LogP contribution in [0.1, 0.15) is 38.3 Å². The summed E-state index contributed by atoms with van der Waals surface area (Å²) in [5, 5.41) is 3.54. The van der Waals surface area contributed by atoms with E-state index in [0.717, 1.165) is 5.56 Å². The van der Waals surface area contributed by atoms with Crippen LogP contribution in [0.25, 0.3) is 0 Å². The molecule has 2 atom stereocenters. The Morgan fingerprint density at radius 2 is 2.12 bits per heavy atom. The van der Waals surface area contributed by atoms with Crippen LogP contribution in [-0.4, -0.2) is 43.0 Å². The van der Waals surface area contributed by atoms with Crippen molar-refractivity contribution in [3.8, 4) is 0 Å². The number of rotatable bonds is 6. The highest BCUT2D eigenvalue weighted by Crippen LogP contribution is 2.39. The topological polar surface area (TPSA) is 58.6 Å². The van der Waals surface area contributed by atoms with Gasteiger partial charge in [0.15, 0.2) is 0 Å². The number of amides is 2. The molecule has 6 heteroatoms. The smallest absolute Gasteiger partial charge is 0.225 e. The van der Waals surface area contributed by atoms with Crippen LogP contribution in [0.2, 0.25) is 5.02 Å². The van der Waals surface area contributed by atoms with Crippen molar-refractivity contribution < 1.29 is 14.3 Å². The first-order chi connectivity index (χ1) is 11.5. The molecule has 1 saturated heterocycles. The van der Waals surface area contributed by atoms with Gasteiger partial charge in [-0.2, -0.15) is 0 Å². The van der Waals surface area contributed by atoms with Gasteiger partial charge in [-0.1, -0.05) is 29.8 Å². The highest BCUT2D eigenvalue weighted by molar-refractivity contribution is 6.31. The highest BCUT2D eigenvalue weighted by atomic mass is 35.5. The summed E-state index contributed by atoms with van der Waals surface area (Å²) in [5.74, 6) is -0.322. The molecule has 0 radical (unpaired) electrons. The molecular weight excluding hydrogens is 328 g/mol. The second-order valence-corrected chi connectivity index (χ2v) is 6.76. The largest absolute Gasteiger partial charge is 0.383 e. The first-order valence-electron chi connectivity index (χ1n) is 8.29. The Hall–Kier alpha value is -1.59. The number of hydrogen-bond acceptors (Lipinski definition) is 3. The normalized spacial score (nSPS) is 21.2. The number of hydrogen-bond donors (Lipinski definition) is 1. The van der Waals surface area contributed by atoms with E-state index in [0.29, 0.717) is 31.0 Å². The van der Waals surface area contributed by atoms with Crippen molar-refractivity contribution in [3.05, 3.63) is 34.9 Å². The highest BCUT2D eigenvalue weighted by Gasteiger charge is 2.41. The number of nitrogens with zero attached hydrogens (tertiary/aromatic N) is 1. The lowest BCUT2D eigenvalue weighted by atomic mass is 9.83. The maximum atomic E-state index is 12.7. The molecule has 0 spiro atoms. The second kappa shape index (κ2) is 8.49. The third kappa shape index (κ3) is 4.28. The van der Waals surface area contributed by atoms with Crippen LogP contribution in [0.4, 0.5) is 0 Å². The van der Waals surface area contributed by atoms with Gasteiger partial charge in [0.05, 0.1) is 18.6 Å². The van der Waals surface area contributed by atoms with Crippen LogP contribution in [-0.2, 0) is 14.3 Å². The number of carbonyl (C=O) groups excluding carboxylic acids is 2. The molecular formula is C18H25ClN2O3. The van der Waals surface area contributed by atoms with Gasteiger partial charge in [-0.25, -0.2) is 0 Å². The standard InChI is InChI=1S/C18H25ClN2O3/c1-12(2)20-18(23)14-8-9-16(22)21(10-11-24-3)17(14)13-6-4-5-7-15(13)19/h4-7,12,14,17H,8-11H2,1-3H3,(H,20,23)/t14-,17+/m1/s1. The number of likely N-dealkylation sites (tertiary alicyclic amines) is 1. The fourth-order valence-corrected chi connectivity index (χ4v) is 3.42. The molecule has 0 bridgehead atoms. The maximum Gasteiger partial charge on any atom is 0.225 e. The summed E-state index contributed by atoms with van der Waals surface area (Å²) in [6.07, 6.45) is 0.887.